The van der Waals surface area contributed by atoms with Crippen LogP contribution >= 0.6 is 0 Å². The minimum Gasteiger partial charge on any atom is -0.493 e. The fraction of sp³-hybridized carbons (Fsp3) is 0.600. The number of rotatable bonds is 8. The van der Waals surface area contributed by atoms with Crippen LogP contribution in [0.3, 0.4) is 0 Å². The molecule has 0 aromatic heterocycles. The molecule has 6 nitrogen and oxygen atoms in total. The molecule has 1 saturated carbocycles. The van der Waals surface area contributed by atoms with Crippen LogP contribution in [0.1, 0.15) is 45.6 Å². The number of ether oxygens (including phenoxy) is 3. The fourth-order valence-corrected chi connectivity index (χ4v) is 2.48. The monoisotopic (exact) mass is 363 g/mol. The van der Waals surface area contributed by atoms with Gasteiger partial charge in [0.05, 0.1) is 13.7 Å². The zero-order chi connectivity index (χ0) is 19.2. The van der Waals surface area contributed by atoms with Gasteiger partial charge in [0.2, 0.25) is 0 Å². The Morgan fingerprint density at radius 3 is 2.54 bits per heavy atom. The molecule has 0 heterocycles. The lowest BCUT2D eigenvalue weighted by Gasteiger charge is -2.22. The molecule has 1 aromatic carbocycles. The highest BCUT2D eigenvalue weighted by atomic mass is 16.6. The molecule has 0 spiro atoms. The van der Waals surface area contributed by atoms with E-state index in [1.165, 1.54) is 20.0 Å². The molecular weight excluding hydrogens is 334 g/mol. The van der Waals surface area contributed by atoms with Crippen molar-refractivity contribution in [2.45, 2.75) is 58.1 Å². The lowest BCUT2D eigenvalue weighted by atomic mass is 10.0. The Kier molecular flexibility index (Phi) is 6.89. The van der Waals surface area contributed by atoms with E-state index in [0.29, 0.717) is 18.8 Å². The Hall–Kier alpha value is -2.24. The highest BCUT2D eigenvalue weighted by Crippen LogP contribution is 2.30. The molecule has 2 rings (SSSR count). The van der Waals surface area contributed by atoms with Gasteiger partial charge in [-0.2, -0.15) is 0 Å². The van der Waals surface area contributed by atoms with Crippen LogP contribution in [0, 0.1) is 5.92 Å². The maximum absolute atomic E-state index is 12.0. The molecular formula is C20H29NO5. The summed E-state index contributed by atoms with van der Waals surface area (Å²) in [6.45, 7) is 6.04. The summed E-state index contributed by atoms with van der Waals surface area (Å²) in [5.74, 6) is 1.01. The van der Waals surface area contributed by atoms with E-state index in [2.05, 4.69) is 5.32 Å². The molecule has 1 N–H and O–H groups in total. The average molecular weight is 363 g/mol. The van der Waals surface area contributed by atoms with E-state index in [-0.39, 0.29) is 0 Å². The summed E-state index contributed by atoms with van der Waals surface area (Å²) in [7, 11) is 1.30. The second-order valence-electron chi connectivity index (χ2n) is 7.62. The van der Waals surface area contributed by atoms with Gasteiger partial charge < -0.3 is 19.5 Å². The average Bonchev–Trinajstić information content (AvgIpc) is 3.39. The summed E-state index contributed by atoms with van der Waals surface area (Å²) in [4.78, 5) is 24.0. The molecule has 26 heavy (non-hydrogen) atoms. The number of carbonyl (C=O) groups excluding carboxylic acids is 2. The van der Waals surface area contributed by atoms with Crippen molar-refractivity contribution in [3.8, 4) is 5.75 Å². The van der Waals surface area contributed by atoms with Crippen LogP contribution in [-0.2, 0) is 20.7 Å². The van der Waals surface area contributed by atoms with E-state index in [0.717, 1.165) is 17.9 Å². The van der Waals surface area contributed by atoms with Crippen molar-refractivity contribution in [3.05, 3.63) is 29.8 Å². The van der Waals surface area contributed by atoms with Crippen LogP contribution in [0.2, 0.25) is 0 Å². The Bertz CT molecular complexity index is 619. The van der Waals surface area contributed by atoms with E-state index in [1.807, 2.05) is 24.3 Å². The van der Waals surface area contributed by atoms with Crippen molar-refractivity contribution < 1.29 is 23.8 Å². The Morgan fingerprint density at radius 1 is 1.23 bits per heavy atom. The third kappa shape index (κ3) is 6.94. The normalized spacial score (nSPS) is 15.1. The molecule has 0 radical (unpaired) electrons. The number of amides is 1. The first-order chi connectivity index (χ1) is 12.3. The van der Waals surface area contributed by atoms with E-state index in [9.17, 15) is 9.59 Å². The summed E-state index contributed by atoms with van der Waals surface area (Å²) in [6.07, 6.45) is 2.80. The first-order valence-corrected chi connectivity index (χ1v) is 9.06. The van der Waals surface area contributed by atoms with E-state index in [1.54, 1.807) is 20.8 Å². The molecule has 0 bridgehead atoms. The van der Waals surface area contributed by atoms with Gasteiger partial charge in [0, 0.05) is 0 Å². The van der Waals surface area contributed by atoms with Crippen molar-refractivity contribution in [3.63, 3.8) is 0 Å². The number of para-hydroxylation sites is 1. The molecule has 0 saturated heterocycles. The largest absolute Gasteiger partial charge is 0.493 e. The number of hydrogen-bond donors (Lipinski definition) is 1. The van der Waals surface area contributed by atoms with Gasteiger partial charge in [0.25, 0.3) is 0 Å². The number of alkyl carbamates (subject to hydrolysis) is 1. The standard InChI is InChI=1S/C20H29NO5/c1-20(2,3)26-19(23)21-16(18(22)24-4)12-11-15-7-5-6-8-17(15)25-13-14-9-10-14/h5-8,14,16H,9-13H2,1-4H3,(H,21,23)/t16-/m1/s1. The van der Waals surface area contributed by atoms with Crippen LogP contribution in [0.5, 0.6) is 5.75 Å². The van der Waals surface area contributed by atoms with Crippen molar-refractivity contribution >= 4 is 12.1 Å². The molecule has 1 fully saturated rings. The minimum absolute atomic E-state index is 0.399. The van der Waals surface area contributed by atoms with Crippen molar-refractivity contribution in [1.82, 2.24) is 5.32 Å². The zero-order valence-electron chi connectivity index (χ0n) is 16.0. The first kappa shape index (κ1) is 20.1. The van der Waals surface area contributed by atoms with Crippen molar-refractivity contribution in [2.75, 3.05) is 13.7 Å². The smallest absolute Gasteiger partial charge is 0.408 e. The van der Waals surface area contributed by atoms with Crippen LogP contribution in [0.4, 0.5) is 4.79 Å². The lowest BCUT2D eigenvalue weighted by molar-refractivity contribution is -0.143. The second kappa shape index (κ2) is 8.92. The van der Waals surface area contributed by atoms with E-state index < -0.39 is 23.7 Å². The van der Waals surface area contributed by atoms with Gasteiger partial charge in [-0.15, -0.1) is 0 Å². The molecule has 1 amide bonds. The number of benzene rings is 1. The summed E-state index contributed by atoms with van der Waals surface area (Å²) in [5, 5.41) is 2.60. The lowest BCUT2D eigenvalue weighted by Crippen LogP contribution is -2.44. The van der Waals surface area contributed by atoms with Gasteiger partial charge in [0.15, 0.2) is 0 Å². The SMILES string of the molecule is COC(=O)[C@@H](CCc1ccccc1OCC1CC1)NC(=O)OC(C)(C)C. The molecule has 144 valence electrons. The third-order valence-electron chi connectivity index (χ3n) is 4.02. The Balaban J connectivity index is 1.95. The first-order valence-electron chi connectivity index (χ1n) is 9.06. The maximum Gasteiger partial charge on any atom is 0.408 e. The van der Waals surface area contributed by atoms with Gasteiger partial charge in [0.1, 0.15) is 17.4 Å². The predicted molar refractivity (Wildman–Crippen MR) is 98.2 cm³/mol. The van der Waals surface area contributed by atoms with Gasteiger partial charge in [-0.25, -0.2) is 9.59 Å². The Morgan fingerprint density at radius 2 is 1.92 bits per heavy atom. The van der Waals surface area contributed by atoms with Crippen LogP contribution in [0.25, 0.3) is 0 Å². The maximum atomic E-state index is 12.0. The summed E-state index contributed by atoms with van der Waals surface area (Å²) >= 11 is 0. The van der Waals surface area contributed by atoms with E-state index >= 15 is 0 Å². The highest BCUT2D eigenvalue weighted by Gasteiger charge is 2.26. The third-order valence-corrected chi connectivity index (χ3v) is 4.02. The number of nitrogens with one attached hydrogen (secondary N) is 1. The summed E-state index contributed by atoms with van der Waals surface area (Å²) < 4.78 is 15.9. The summed E-state index contributed by atoms with van der Waals surface area (Å²) in [6, 6.07) is 7.01. The summed E-state index contributed by atoms with van der Waals surface area (Å²) in [5.41, 5.74) is 0.376. The van der Waals surface area contributed by atoms with Gasteiger partial charge in [-0.1, -0.05) is 18.2 Å². The molecule has 0 aliphatic heterocycles. The Labute approximate surface area is 155 Å². The second-order valence-corrected chi connectivity index (χ2v) is 7.62. The molecule has 1 aromatic rings. The van der Waals surface area contributed by atoms with Crippen molar-refractivity contribution in [1.29, 1.82) is 0 Å². The fourth-order valence-electron chi connectivity index (χ4n) is 2.48. The molecule has 1 aliphatic carbocycles. The van der Waals surface area contributed by atoms with Gasteiger partial charge in [-0.05, 0) is 64.0 Å². The van der Waals surface area contributed by atoms with Gasteiger partial charge >= 0.3 is 12.1 Å². The topological polar surface area (TPSA) is 73.9 Å². The van der Waals surface area contributed by atoms with Crippen molar-refractivity contribution in [2.24, 2.45) is 5.92 Å². The highest BCUT2D eigenvalue weighted by molar-refractivity contribution is 5.81. The molecule has 0 unspecified atom stereocenters. The molecule has 1 atom stereocenters. The van der Waals surface area contributed by atoms with Crippen LogP contribution in [-0.4, -0.2) is 37.4 Å². The molecule has 1 aliphatic rings. The van der Waals surface area contributed by atoms with E-state index in [4.69, 9.17) is 14.2 Å². The number of hydrogen-bond acceptors (Lipinski definition) is 5. The number of methoxy groups -OCH3 is 1. The number of esters is 1. The molecule has 6 heteroatoms. The van der Waals surface area contributed by atoms with Gasteiger partial charge in [-0.3, -0.25) is 0 Å². The van der Waals surface area contributed by atoms with Crippen LogP contribution < -0.4 is 10.1 Å². The predicted octanol–water partition coefficient (Wildman–Crippen LogP) is 3.47. The number of carbonyl (C=O) groups is 2. The number of aryl methyl sites for hydroxylation is 1. The quantitative estimate of drug-likeness (QED) is 0.716. The van der Waals surface area contributed by atoms with Crippen LogP contribution in [0.15, 0.2) is 24.3 Å². The zero-order valence-corrected chi connectivity index (χ0v) is 16.0. The minimum atomic E-state index is -0.772.